The second-order valence-corrected chi connectivity index (χ2v) is 2.52. The Balaban J connectivity index is 2.68. The zero-order valence-corrected chi connectivity index (χ0v) is 6.52. The molecule has 0 radical (unpaired) electrons. The maximum absolute atomic E-state index is 3.19. The molecule has 0 aliphatic heterocycles. The Kier molecular flexibility index (Phi) is 2.49. The standard InChI is InChI=1S/C9H13N/c1-8-4-3-5-9(10-2)7-6-8/h3,6-7,9-10H,5H2,1-2H3. The summed E-state index contributed by atoms with van der Waals surface area (Å²) >= 11 is 0. The molecule has 54 valence electrons. The molecule has 1 aliphatic carbocycles. The highest BCUT2D eigenvalue weighted by Gasteiger charge is 1.98. The van der Waals surface area contributed by atoms with E-state index in [0.717, 1.165) is 6.42 Å². The van der Waals surface area contributed by atoms with Gasteiger partial charge in [0.25, 0.3) is 0 Å². The van der Waals surface area contributed by atoms with E-state index in [1.54, 1.807) is 0 Å². The van der Waals surface area contributed by atoms with Gasteiger partial charge in [-0.3, -0.25) is 0 Å². The summed E-state index contributed by atoms with van der Waals surface area (Å²) in [5.74, 6) is 0. The molecule has 1 heteroatoms. The number of likely N-dealkylation sites (N-methyl/N-ethyl adjacent to an activating group) is 1. The molecule has 1 aliphatic rings. The van der Waals surface area contributed by atoms with Gasteiger partial charge in [-0.1, -0.05) is 12.2 Å². The summed E-state index contributed by atoms with van der Waals surface area (Å²) in [7, 11) is 1.98. The van der Waals surface area contributed by atoms with Crippen molar-refractivity contribution in [2.75, 3.05) is 7.05 Å². The first kappa shape index (κ1) is 7.33. The van der Waals surface area contributed by atoms with Crippen molar-refractivity contribution in [3.05, 3.63) is 29.5 Å². The Morgan fingerprint density at radius 2 is 2.50 bits per heavy atom. The SMILES string of the molecule is CNC1C=CC(C)=C=CC1. The van der Waals surface area contributed by atoms with E-state index in [1.807, 2.05) is 7.05 Å². The zero-order valence-electron chi connectivity index (χ0n) is 6.52. The Labute approximate surface area is 62.1 Å². The maximum atomic E-state index is 3.19. The van der Waals surface area contributed by atoms with E-state index >= 15 is 0 Å². The largest absolute Gasteiger partial charge is 0.313 e. The van der Waals surface area contributed by atoms with Crippen LogP contribution in [0.2, 0.25) is 0 Å². The molecule has 0 amide bonds. The van der Waals surface area contributed by atoms with E-state index < -0.39 is 0 Å². The van der Waals surface area contributed by atoms with E-state index in [0.29, 0.717) is 6.04 Å². The van der Waals surface area contributed by atoms with Gasteiger partial charge in [0.05, 0.1) is 0 Å². The molecule has 0 saturated heterocycles. The average molecular weight is 135 g/mol. The number of rotatable bonds is 1. The molecule has 0 aromatic heterocycles. The van der Waals surface area contributed by atoms with Gasteiger partial charge in [0.2, 0.25) is 0 Å². The highest BCUT2D eigenvalue weighted by atomic mass is 14.8. The topological polar surface area (TPSA) is 12.0 Å². The summed E-state index contributed by atoms with van der Waals surface area (Å²) in [5.41, 5.74) is 4.38. The van der Waals surface area contributed by atoms with Gasteiger partial charge in [-0.15, -0.1) is 5.73 Å². The smallest absolute Gasteiger partial charge is 0.0291 e. The summed E-state index contributed by atoms with van der Waals surface area (Å²) in [6.45, 7) is 2.06. The van der Waals surface area contributed by atoms with Crippen LogP contribution in [0.4, 0.5) is 0 Å². The summed E-state index contributed by atoms with van der Waals surface area (Å²) < 4.78 is 0. The molecule has 1 nitrogen and oxygen atoms in total. The third-order valence-electron chi connectivity index (χ3n) is 1.65. The molecular formula is C9H13N. The minimum absolute atomic E-state index is 0.491. The monoisotopic (exact) mass is 135 g/mol. The van der Waals surface area contributed by atoms with Crippen LogP contribution in [0.1, 0.15) is 13.3 Å². The third kappa shape index (κ3) is 1.87. The molecule has 0 aromatic carbocycles. The first-order chi connectivity index (χ1) is 4.83. The van der Waals surface area contributed by atoms with Crippen molar-refractivity contribution in [1.82, 2.24) is 5.32 Å². The lowest BCUT2D eigenvalue weighted by Gasteiger charge is -2.05. The minimum Gasteiger partial charge on any atom is -0.313 e. The first-order valence-electron chi connectivity index (χ1n) is 3.60. The van der Waals surface area contributed by atoms with Crippen LogP contribution in [-0.2, 0) is 0 Å². The van der Waals surface area contributed by atoms with Crippen molar-refractivity contribution in [3.8, 4) is 0 Å². The molecule has 0 fully saturated rings. The second-order valence-electron chi connectivity index (χ2n) is 2.52. The molecule has 0 bridgehead atoms. The quantitative estimate of drug-likeness (QED) is 0.539. The van der Waals surface area contributed by atoms with Gasteiger partial charge >= 0.3 is 0 Å². The van der Waals surface area contributed by atoms with Crippen LogP contribution in [0, 0.1) is 0 Å². The molecule has 1 rings (SSSR count). The highest BCUT2D eigenvalue weighted by molar-refractivity contribution is 5.20. The van der Waals surface area contributed by atoms with Gasteiger partial charge in [0.1, 0.15) is 0 Å². The summed E-state index contributed by atoms with van der Waals surface area (Å²) in [6, 6.07) is 0.491. The van der Waals surface area contributed by atoms with Crippen LogP contribution in [0.5, 0.6) is 0 Å². The minimum atomic E-state index is 0.491. The number of nitrogens with one attached hydrogen (secondary N) is 1. The predicted molar refractivity (Wildman–Crippen MR) is 43.9 cm³/mol. The van der Waals surface area contributed by atoms with Crippen LogP contribution in [0.25, 0.3) is 0 Å². The van der Waals surface area contributed by atoms with Gasteiger partial charge in [-0.2, -0.15) is 0 Å². The van der Waals surface area contributed by atoms with Crippen LogP contribution >= 0.6 is 0 Å². The fourth-order valence-electron chi connectivity index (χ4n) is 0.948. The summed E-state index contributed by atoms with van der Waals surface area (Å²) in [5, 5.41) is 3.19. The van der Waals surface area contributed by atoms with Gasteiger partial charge < -0.3 is 5.32 Å². The fraction of sp³-hybridized carbons (Fsp3) is 0.444. The lowest BCUT2D eigenvalue weighted by Crippen LogP contribution is -2.21. The second kappa shape index (κ2) is 3.40. The summed E-state index contributed by atoms with van der Waals surface area (Å²) in [6.07, 6.45) is 7.40. The normalized spacial score (nSPS) is 24.2. The molecule has 1 unspecified atom stereocenters. The van der Waals surface area contributed by atoms with E-state index in [9.17, 15) is 0 Å². The first-order valence-corrected chi connectivity index (χ1v) is 3.60. The Morgan fingerprint density at radius 3 is 3.20 bits per heavy atom. The van der Waals surface area contributed by atoms with Gasteiger partial charge in [0.15, 0.2) is 0 Å². The Morgan fingerprint density at radius 1 is 1.70 bits per heavy atom. The number of hydrogen-bond acceptors (Lipinski definition) is 1. The van der Waals surface area contributed by atoms with Crippen LogP contribution in [0.15, 0.2) is 29.5 Å². The van der Waals surface area contributed by atoms with Gasteiger partial charge in [-0.05, 0) is 32.0 Å². The molecule has 1 atom stereocenters. The Bertz CT molecular complexity index is 195. The molecule has 0 aromatic rings. The molecule has 1 N–H and O–H groups in total. The lowest BCUT2D eigenvalue weighted by molar-refractivity contribution is 0.678. The highest BCUT2D eigenvalue weighted by Crippen LogP contribution is 2.03. The third-order valence-corrected chi connectivity index (χ3v) is 1.65. The predicted octanol–water partition coefficient (Wildman–Crippen LogP) is 1.64. The van der Waals surface area contributed by atoms with Crippen molar-refractivity contribution in [3.63, 3.8) is 0 Å². The molecule has 0 spiro atoms. The van der Waals surface area contributed by atoms with Crippen molar-refractivity contribution < 1.29 is 0 Å². The average Bonchev–Trinajstić information content (AvgIpc) is 2.14. The molecule has 0 heterocycles. The van der Waals surface area contributed by atoms with E-state index in [1.165, 1.54) is 5.57 Å². The van der Waals surface area contributed by atoms with Crippen molar-refractivity contribution in [1.29, 1.82) is 0 Å². The van der Waals surface area contributed by atoms with Gasteiger partial charge in [0, 0.05) is 6.04 Å². The van der Waals surface area contributed by atoms with E-state index in [2.05, 4.69) is 36.2 Å². The van der Waals surface area contributed by atoms with E-state index in [-0.39, 0.29) is 0 Å². The van der Waals surface area contributed by atoms with E-state index in [4.69, 9.17) is 0 Å². The van der Waals surface area contributed by atoms with Crippen molar-refractivity contribution in [2.24, 2.45) is 0 Å². The van der Waals surface area contributed by atoms with Crippen molar-refractivity contribution >= 4 is 0 Å². The molecule has 0 saturated carbocycles. The molecular weight excluding hydrogens is 122 g/mol. The zero-order chi connectivity index (χ0) is 7.40. The lowest BCUT2D eigenvalue weighted by atomic mass is 10.2. The van der Waals surface area contributed by atoms with Gasteiger partial charge in [-0.25, -0.2) is 0 Å². The van der Waals surface area contributed by atoms with Crippen LogP contribution < -0.4 is 5.32 Å². The number of hydrogen-bond donors (Lipinski definition) is 1. The fourth-order valence-corrected chi connectivity index (χ4v) is 0.948. The summed E-state index contributed by atoms with van der Waals surface area (Å²) in [4.78, 5) is 0. The van der Waals surface area contributed by atoms with Crippen LogP contribution in [-0.4, -0.2) is 13.1 Å². The molecule has 10 heavy (non-hydrogen) atoms. The van der Waals surface area contributed by atoms with Crippen LogP contribution in [0.3, 0.4) is 0 Å². The Hall–Kier alpha value is -0.780. The maximum Gasteiger partial charge on any atom is 0.0291 e. The number of allylic oxidation sites excluding steroid dienone is 1. The van der Waals surface area contributed by atoms with Crippen molar-refractivity contribution in [2.45, 2.75) is 19.4 Å².